The van der Waals surface area contributed by atoms with Gasteiger partial charge in [-0.3, -0.25) is 9.10 Å². The summed E-state index contributed by atoms with van der Waals surface area (Å²) in [4.78, 5) is 12.4. The predicted molar refractivity (Wildman–Crippen MR) is 101 cm³/mol. The number of benzene rings is 3. The third-order valence-electron chi connectivity index (χ3n) is 3.85. The molecule has 3 aromatic carbocycles. The first-order valence-corrected chi connectivity index (χ1v) is 9.70. The first-order valence-electron chi connectivity index (χ1n) is 7.85. The van der Waals surface area contributed by atoms with Gasteiger partial charge in [0.25, 0.3) is 0 Å². The van der Waals surface area contributed by atoms with Crippen molar-refractivity contribution in [3.05, 3.63) is 72.5 Å². The fourth-order valence-corrected chi connectivity index (χ4v) is 3.54. The number of carbonyl (C=O) groups is 1. The molecule has 3 rings (SSSR count). The molecule has 3 aromatic rings. The van der Waals surface area contributed by atoms with E-state index in [9.17, 15) is 17.6 Å². The molecule has 0 atom stereocenters. The molecule has 0 radical (unpaired) electrons. The van der Waals surface area contributed by atoms with Crippen LogP contribution in [0.25, 0.3) is 10.8 Å². The van der Waals surface area contributed by atoms with Crippen LogP contribution in [0.5, 0.6) is 0 Å². The maximum absolute atomic E-state index is 13.0. The SMILES string of the molecule is CS(=O)(=O)N(CC(=O)Nc1ccc(F)cc1)c1cccc2ccccc12. The minimum Gasteiger partial charge on any atom is -0.325 e. The minimum atomic E-state index is -3.69. The molecule has 26 heavy (non-hydrogen) atoms. The Morgan fingerprint density at radius 1 is 1.00 bits per heavy atom. The summed E-state index contributed by atoms with van der Waals surface area (Å²) in [5.74, 6) is -0.938. The zero-order valence-corrected chi connectivity index (χ0v) is 14.8. The largest absolute Gasteiger partial charge is 0.325 e. The van der Waals surface area contributed by atoms with Gasteiger partial charge < -0.3 is 5.32 Å². The lowest BCUT2D eigenvalue weighted by atomic mass is 10.1. The number of nitrogens with one attached hydrogen (secondary N) is 1. The topological polar surface area (TPSA) is 66.5 Å². The van der Waals surface area contributed by atoms with Gasteiger partial charge in [-0.05, 0) is 35.7 Å². The molecule has 0 bridgehead atoms. The fraction of sp³-hybridized carbons (Fsp3) is 0.105. The first kappa shape index (κ1) is 17.9. The number of anilines is 2. The van der Waals surface area contributed by atoms with Crippen molar-refractivity contribution in [1.29, 1.82) is 0 Å². The van der Waals surface area contributed by atoms with Gasteiger partial charge in [0, 0.05) is 11.1 Å². The van der Waals surface area contributed by atoms with Gasteiger partial charge in [0.15, 0.2) is 0 Å². The lowest BCUT2D eigenvalue weighted by Crippen LogP contribution is -2.37. The molecule has 0 saturated carbocycles. The standard InChI is InChI=1S/C19H17FN2O3S/c1-26(24,25)22(13-19(23)21-16-11-9-15(20)10-12-16)18-8-4-6-14-5-2-3-7-17(14)18/h2-12H,13H2,1H3,(H,21,23). The van der Waals surface area contributed by atoms with Crippen LogP contribution in [-0.2, 0) is 14.8 Å². The smallest absolute Gasteiger partial charge is 0.245 e. The Kier molecular flexibility index (Phi) is 4.90. The van der Waals surface area contributed by atoms with Crippen molar-refractivity contribution in [3.63, 3.8) is 0 Å². The summed E-state index contributed by atoms with van der Waals surface area (Å²) in [6.07, 6.45) is 1.06. The van der Waals surface area contributed by atoms with Crippen LogP contribution in [0.3, 0.4) is 0 Å². The summed E-state index contributed by atoms with van der Waals surface area (Å²) in [6.45, 7) is -0.385. The molecule has 0 unspecified atom stereocenters. The zero-order chi connectivity index (χ0) is 18.7. The molecule has 0 aliphatic heterocycles. The van der Waals surface area contributed by atoms with E-state index < -0.39 is 21.7 Å². The molecule has 7 heteroatoms. The van der Waals surface area contributed by atoms with Crippen LogP contribution in [0.2, 0.25) is 0 Å². The molecular weight excluding hydrogens is 355 g/mol. The second kappa shape index (κ2) is 7.13. The average molecular weight is 372 g/mol. The number of hydrogen-bond donors (Lipinski definition) is 1. The number of hydrogen-bond acceptors (Lipinski definition) is 3. The lowest BCUT2D eigenvalue weighted by Gasteiger charge is -2.23. The van der Waals surface area contributed by atoms with Crippen molar-refractivity contribution in [2.24, 2.45) is 0 Å². The molecule has 0 heterocycles. The van der Waals surface area contributed by atoms with Crippen LogP contribution in [0.1, 0.15) is 0 Å². The number of carbonyl (C=O) groups excluding carboxylic acids is 1. The van der Waals surface area contributed by atoms with Gasteiger partial charge in [-0.25, -0.2) is 12.8 Å². The van der Waals surface area contributed by atoms with E-state index in [0.29, 0.717) is 11.4 Å². The van der Waals surface area contributed by atoms with E-state index >= 15 is 0 Å². The second-order valence-electron chi connectivity index (χ2n) is 5.82. The molecular formula is C19H17FN2O3S. The Hall–Kier alpha value is -2.93. The molecule has 0 aliphatic rings. The third kappa shape index (κ3) is 4.00. The van der Waals surface area contributed by atoms with Crippen LogP contribution in [0.15, 0.2) is 66.7 Å². The van der Waals surface area contributed by atoms with Crippen LogP contribution in [0, 0.1) is 5.82 Å². The van der Waals surface area contributed by atoms with Gasteiger partial charge in [0.05, 0.1) is 11.9 Å². The number of nitrogens with zero attached hydrogens (tertiary/aromatic N) is 1. The van der Waals surface area contributed by atoms with Crippen LogP contribution in [-0.4, -0.2) is 27.1 Å². The second-order valence-corrected chi connectivity index (χ2v) is 7.73. The fourth-order valence-electron chi connectivity index (χ4n) is 2.67. The Balaban J connectivity index is 1.91. The highest BCUT2D eigenvalue weighted by molar-refractivity contribution is 7.92. The Bertz CT molecular complexity index is 1040. The molecule has 0 aliphatic carbocycles. The van der Waals surface area contributed by atoms with Gasteiger partial charge in [0.1, 0.15) is 12.4 Å². The van der Waals surface area contributed by atoms with E-state index in [2.05, 4.69) is 5.32 Å². The summed E-state index contributed by atoms with van der Waals surface area (Å²) in [5, 5.41) is 4.18. The molecule has 0 saturated heterocycles. The van der Waals surface area contributed by atoms with Gasteiger partial charge >= 0.3 is 0 Å². The summed E-state index contributed by atoms with van der Waals surface area (Å²) >= 11 is 0. The molecule has 1 amide bonds. The van der Waals surface area contributed by atoms with Gasteiger partial charge in [0.2, 0.25) is 15.9 Å². The van der Waals surface area contributed by atoms with Crippen LogP contribution in [0.4, 0.5) is 15.8 Å². The van der Waals surface area contributed by atoms with Crippen LogP contribution >= 0.6 is 0 Å². The molecule has 0 fully saturated rings. The van der Waals surface area contributed by atoms with Gasteiger partial charge in [-0.15, -0.1) is 0 Å². The third-order valence-corrected chi connectivity index (χ3v) is 4.98. The van der Waals surface area contributed by atoms with Crippen molar-refractivity contribution in [3.8, 4) is 0 Å². The Morgan fingerprint density at radius 3 is 2.35 bits per heavy atom. The maximum Gasteiger partial charge on any atom is 0.245 e. The number of halogens is 1. The van der Waals surface area contributed by atoms with E-state index in [0.717, 1.165) is 21.3 Å². The van der Waals surface area contributed by atoms with E-state index in [-0.39, 0.29) is 6.54 Å². The lowest BCUT2D eigenvalue weighted by molar-refractivity contribution is -0.114. The molecule has 0 aromatic heterocycles. The highest BCUT2D eigenvalue weighted by Gasteiger charge is 2.22. The summed E-state index contributed by atoms with van der Waals surface area (Å²) in [5.41, 5.74) is 0.822. The Morgan fingerprint density at radius 2 is 1.65 bits per heavy atom. The summed E-state index contributed by atoms with van der Waals surface area (Å²) in [7, 11) is -3.69. The zero-order valence-electron chi connectivity index (χ0n) is 14.0. The monoisotopic (exact) mass is 372 g/mol. The minimum absolute atomic E-state index is 0.385. The molecule has 1 N–H and O–H groups in total. The normalized spacial score (nSPS) is 11.3. The summed E-state index contributed by atoms with van der Waals surface area (Å²) in [6, 6.07) is 17.9. The maximum atomic E-state index is 13.0. The highest BCUT2D eigenvalue weighted by Crippen LogP contribution is 2.28. The van der Waals surface area contributed by atoms with E-state index in [1.165, 1.54) is 24.3 Å². The number of fused-ring (bicyclic) bond motifs is 1. The van der Waals surface area contributed by atoms with Crippen molar-refractivity contribution >= 4 is 38.1 Å². The summed E-state index contributed by atoms with van der Waals surface area (Å²) < 4.78 is 38.6. The molecule has 134 valence electrons. The van der Waals surface area contributed by atoms with Crippen molar-refractivity contribution in [2.45, 2.75) is 0 Å². The predicted octanol–water partition coefficient (Wildman–Crippen LogP) is 3.38. The Labute approximate surface area is 151 Å². The number of rotatable bonds is 5. The van der Waals surface area contributed by atoms with Gasteiger partial charge in [-0.1, -0.05) is 36.4 Å². The van der Waals surface area contributed by atoms with E-state index in [4.69, 9.17) is 0 Å². The van der Waals surface area contributed by atoms with E-state index in [1.807, 2.05) is 24.3 Å². The number of sulfonamides is 1. The van der Waals surface area contributed by atoms with Crippen molar-refractivity contribution in [1.82, 2.24) is 0 Å². The van der Waals surface area contributed by atoms with Crippen molar-refractivity contribution < 1.29 is 17.6 Å². The number of amides is 1. The quantitative estimate of drug-likeness (QED) is 0.747. The molecule has 5 nitrogen and oxygen atoms in total. The van der Waals surface area contributed by atoms with Gasteiger partial charge in [-0.2, -0.15) is 0 Å². The van der Waals surface area contributed by atoms with E-state index in [1.54, 1.807) is 18.2 Å². The highest BCUT2D eigenvalue weighted by atomic mass is 32.2. The first-order chi connectivity index (χ1) is 12.3. The average Bonchev–Trinajstić information content (AvgIpc) is 2.60. The van der Waals surface area contributed by atoms with Crippen molar-refractivity contribution in [2.75, 3.05) is 22.4 Å². The molecule has 0 spiro atoms. The van der Waals surface area contributed by atoms with Crippen LogP contribution < -0.4 is 9.62 Å².